The molecule has 1 saturated heterocycles. The van der Waals surface area contributed by atoms with Gasteiger partial charge in [-0.15, -0.1) is 24.0 Å². The van der Waals surface area contributed by atoms with Gasteiger partial charge in [0.1, 0.15) is 0 Å². The number of hydrogen-bond acceptors (Lipinski definition) is 2. The highest BCUT2D eigenvalue weighted by molar-refractivity contribution is 14.0. The van der Waals surface area contributed by atoms with Crippen molar-refractivity contribution in [2.45, 2.75) is 32.6 Å². The Labute approximate surface area is 178 Å². The smallest absolute Gasteiger partial charge is 0.241 e. The van der Waals surface area contributed by atoms with Crippen LogP contribution in [0.3, 0.4) is 0 Å². The number of H-pyrrole nitrogens is 1. The molecular weight excluding hydrogens is 453 g/mol. The van der Waals surface area contributed by atoms with Crippen molar-refractivity contribution in [1.82, 2.24) is 20.5 Å². The summed E-state index contributed by atoms with van der Waals surface area (Å²) >= 11 is 0. The van der Waals surface area contributed by atoms with Crippen LogP contribution in [-0.2, 0) is 11.2 Å². The van der Waals surface area contributed by atoms with Gasteiger partial charge in [0.15, 0.2) is 5.96 Å². The number of aliphatic imine (C=N–C) groups is 1. The predicted octanol–water partition coefficient (Wildman–Crippen LogP) is 2.81. The lowest BCUT2D eigenvalue weighted by molar-refractivity contribution is -0.130. The van der Waals surface area contributed by atoms with Crippen LogP contribution in [0.15, 0.2) is 29.4 Å². The maximum Gasteiger partial charge on any atom is 0.241 e. The number of halogens is 1. The molecule has 0 unspecified atom stereocenters. The van der Waals surface area contributed by atoms with Gasteiger partial charge >= 0.3 is 0 Å². The summed E-state index contributed by atoms with van der Waals surface area (Å²) in [5.74, 6) is 0.825. The Hall–Kier alpha value is -1.77. The van der Waals surface area contributed by atoms with Crippen LogP contribution in [-0.4, -0.2) is 55.0 Å². The molecule has 2 heterocycles. The molecule has 3 rings (SSSR count). The minimum absolute atomic E-state index is 0. The molecule has 1 amide bonds. The van der Waals surface area contributed by atoms with Crippen LogP contribution < -0.4 is 10.6 Å². The summed E-state index contributed by atoms with van der Waals surface area (Å²) < 4.78 is 0. The Morgan fingerprint density at radius 1 is 1.22 bits per heavy atom. The number of guanidine groups is 1. The summed E-state index contributed by atoms with van der Waals surface area (Å²) in [6, 6.07) is 6.47. The molecule has 2 aromatic rings. The first kappa shape index (κ1) is 21.5. The summed E-state index contributed by atoms with van der Waals surface area (Å²) in [6.45, 7) is 4.92. The van der Waals surface area contributed by atoms with E-state index in [-0.39, 0.29) is 29.9 Å². The number of aromatic amines is 1. The van der Waals surface area contributed by atoms with E-state index in [2.05, 4.69) is 51.9 Å². The van der Waals surface area contributed by atoms with Crippen LogP contribution in [0.2, 0.25) is 0 Å². The largest absolute Gasteiger partial charge is 0.361 e. The fourth-order valence-electron chi connectivity index (χ4n) is 3.46. The van der Waals surface area contributed by atoms with Gasteiger partial charge < -0.3 is 20.5 Å². The molecule has 0 aliphatic carbocycles. The number of aryl methyl sites for hydroxylation is 1. The first-order chi connectivity index (χ1) is 12.7. The van der Waals surface area contributed by atoms with Crippen molar-refractivity contribution in [3.63, 3.8) is 0 Å². The van der Waals surface area contributed by atoms with Crippen LogP contribution in [0.1, 0.15) is 30.4 Å². The third-order valence-corrected chi connectivity index (χ3v) is 4.95. The summed E-state index contributed by atoms with van der Waals surface area (Å²) in [4.78, 5) is 21.7. The molecule has 27 heavy (non-hydrogen) atoms. The summed E-state index contributed by atoms with van der Waals surface area (Å²) in [7, 11) is 1.73. The third-order valence-electron chi connectivity index (χ3n) is 4.95. The summed E-state index contributed by atoms with van der Waals surface area (Å²) in [5.41, 5.74) is 3.72. The number of nitrogens with one attached hydrogen (secondary N) is 3. The van der Waals surface area contributed by atoms with Crippen molar-refractivity contribution < 1.29 is 4.79 Å². The highest BCUT2D eigenvalue weighted by Gasteiger charge is 2.16. The van der Waals surface area contributed by atoms with Crippen LogP contribution >= 0.6 is 24.0 Å². The second-order valence-corrected chi connectivity index (χ2v) is 6.91. The third kappa shape index (κ3) is 5.85. The molecule has 1 aromatic heterocycles. The molecule has 0 radical (unpaired) electrons. The first-order valence-corrected chi connectivity index (χ1v) is 9.46. The molecule has 0 saturated carbocycles. The number of nitrogens with zero attached hydrogens (tertiary/aromatic N) is 2. The van der Waals surface area contributed by atoms with E-state index in [1.807, 2.05) is 4.90 Å². The average Bonchev–Trinajstić information content (AvgIpc) is 3.07. The van der Waals surface area contributed by atoms with Gasteiger partial charge in [0.05, 0.1) is 6.54 Å². The Balaban J connectivity index is 0.00000261. The van der Waals surface area contributed by atoms with Crippen molar-refractivity contribution in [1.29, 1.82) is 0 Å². The van der Waals surface area contributed by atoms with Crippen molar-refractivity contribution >= 4 is 46.7 Å². The molecule has 1 aliphatic heterocycles. The second-order valence-electron chi connectivity index (χ2n) is 6.91. The number of aromatic nitrogens is 1. The van der Waals surface area contributed by atoms with Gasteiger partial charge in [-0.1, -0.05) is 12.1 Å². The van der Waals surface area contributed by atoms with Crippen molar-refractivity contribution in [3.05, 3.63) is 35.5 Å². The summed E-state index contributed by atoms with van der Waals surface area (Å²) in [5, 5.41) is 7.69. The van der Waals surface area contributed by atoms with Gasteiger partial charge in [-0.3, -0.25) is 9.79 Å². The number of hydrogen-bond donors (Lipinski definition) is 3. The molecule has 0 spiro atoms. The number of amides is 1. The van der Waals surface area contributed by atoms with Gasteiger partial charge in [0, 0.05) is 43.8 Å². The van der Waals surface area contributed by atoms with E-state index >= 15 is 0 Å². The average molecular weight is 483 g/mol. The molecule has 1 aromatic carbocycles. The molecule has 6 nitrogen and oxygen atoms in total. The Morgan fingerprint density at radius 3 is 2.74 bits per heavy atom. The van der Waals surface area contributed by atoms with Crippen LogP contribution in [0, 0.1) is 6.92 Å². The van der Waals surface area contributed by atoms with E-state index in [9.17, 15) is 4.79 Å². The highest BCUT2D eigenvalue weighted by Crippen LogP contribution is 2.19. The number of benzene rings is 1. The van der Waals surface area contributed by atoms with E-state index in [0.29, 0.717) is 12.5 Å². The standard InChI is InChI=1S/C20H29N5O.HI/c1-15-6-7-17-16(13-23-18(17)12-15)8-9-22-20(21-2)24-14-19(26)25-10-4-3-5-11-25;/h6-7,12-13,23H,3-5,8-11,14H2,1-2H3,(H2,21,22,24);1H. The lowest BCUT2D eigenvalue weighted by Gasteiger charge is -2.27. The zero-order valence-electron chi connectivity index (χ0n) is 16.2. The molecule has 7 heteroatoms. The number of carbonyl (C=O) groups excluding carboxylic acids is 1. The first-order valence-electron chi connectivity index (χ1n) is 9.46. The monoisotopic (exact) mass is 483 g/mol. The van der Waals surface area contributed by atoms with E-state index in [1.54, 1.807) is 7.05 Å². The SMILES string of the molecule is CN=C(NCCc1c[nH]c2cc(C)ccc12)NCC(=O)N1CCCCC1.I. The van der Waals surface area contributed by atoms with Crippen LogP contribution in [0.4, 0.5) is 0 Å². The molecule has 1 fully saturated rings. The number of carbonyl (C=O) groups is 1. The Bertz CT molecular complexity index is 780. The topological polar surface area (TPSA) is 72.5 Å². The van der Waals surface area contributed by atoms with Gasteiger partial charge in [-0.25, -0.2) is 0 Å². The number of piperidine rings is 1. The number of rotatable bonds is 5. The number of fused-ring (bicyclic) bond motifs is 1. The summed E-state index contributed by atoms with van der Waals surface area (Å²) in [6.07, 6.45) is 6.42. The van der Waals surface area contributed by atoms with Crippen molar-refractivity contribution in [2.75, 3.05) is 33.2 Å². The molecule has 1 aliphatic rings. The van der Waals surface area contributed by atoms with Gasteiger partial charge in [0.25, 0.3) is 0 Å². The molecule has 0 bridgehead atoms. The van der Waals surface area contributed by atoms with Gasteiger partial charge in [0.2, 0.25) is 5.91 Å². The zero-order valence-corrected chi connectivity index (χ0v) is 18.5. The molecular formula is C20H30IN5O. The molecule has 3 N–H and O–H groups in total. The molecule has 148 valence electrons. The Morgan fingerprint density at radius 2 is 2.00 bits per heavy atom. The van der Waals surface area contributed by atoms with Crippen LogP contribution in [0.25, 0.3) is 10.9 Å². The van der Waals surface area contributed by atoms with E-state index < -0.39 is 0 Å². The normalized spacial score (nSPS) is 14.7. The Kier molecular flexibility index (Phi) is 8.40. The van der Waals surface area contributed by atoms with E-state index in [0.717, 1.165) is 38.9 Å². The number of likely N-dealkylation sites (tertiary alicyclic amines) is 1. The minimum atomic E-state index is 0. The quantitative estimate of drug-likeness (QED) is 0.348. The van der Waals surface area contributed by atoms with Crippen molar-refractivity contribution in [3.8, 4) is 0 Å². The molecule has 0 atom stereocenters. The second kappa shape index (κ2) is 10.5. The lowest BCUT2D eigenvalue weighted by Crippen LogP contribution is -2.46. The van der Waals surface area contributed by atoms with E-state index in [4.69, 9.17) is 0 Å². The lowest BCUT2D eigenvalue weighted by atomic mass is 10.1. The minimum Gasteiger partial charge on any atom is -0.361 e. The maximum absolute atomic E-state index is 12.2. The fourth-order valence-corrected chi connectivity index (χ4v) is 3.46. The predicted molar refractivity (Wildman–Crippen MR) is 122 cm³/mol. The van der Waals surface area contributed by atoms with Crippen molar-refractivity contribution in [2.24, 2.45) is 4.99 Å². The maximum atomic E-state index is 12.2. The van der Waals surface area contributed by atoms with E-state index in [1.165, 1.54) is 28.5 Å². The van der Waals surface area contributed by atoms with Gasteiger partial charge in [-0.2, -0.15) is 0 Å². The van der Waals surface area contributed by atoms with Crippen LogP contribution in [0.5, 0.6) is 0 Å². The van der Waals surface area contributed by atoms with Gasteiger partial charge in [-0.05, 0) is 49.8 Å². The zero-order chi connectivity index (χ0) is 18.4. The fraction of sp³-hybridized carbons (Fsp3) is 0.500. The highest BCUT2D eigenvalue weighted by atomic mass is 127.